The number of nitrogens with zero attached hydrogens (tertiary/aromatic N) is 1. The van der Waals surface area contributed by atoms with E-state index in [-0.39, 0.29) is 0 Å². The molecule has 1 aromatic carbocycles. The van der Waals surface area contributed by atoms with Crippen molar-refractivity contribution in [2.24, 2.45) is 0 Å². The highest BCUT2D eigenvalue weighted by Crippen LogP contribution is 2.22. The summed E-state index contributed by atoms with van der Waals surface area (Å²) in [7, 11) is 0. The van der Waals surface area contributed by atoms with Crippen molar-refractivity contribution in [1.82, 2.24) is 4.98 Å². The van der Waals surface area contributed by atoms with Crippen LogP contribution in [-0.4, -0.2) is 22.7 Å². The number of carboxylic acid groups (broad SMARTS) is 1. The van der Waals surface area contributed by atoms with Gasteiger partial charge >= 0.3 is 5.97 Å². The first-order valence-corrected chi connectivity index (χ1v) is 7.39. The van der Waals surface area contributed by atoms with Crippen LogP contribution < -0.4 is 4.74 Å². The van der Waals surface area contributed by atoms with Gasteiger partial charge in [-0.3, -0.25) is 0 Å². The summed E-state index contributed by atoms with van der Waals surface area (Å²) in [6, 6.07) is 7.81. The summed E-state index contributed by atoms with van der Waals surface area (Å²) in [6.07, 6.45) is 1.29. The highest BCUT2D eigenvalue weighted by Gasteiger charge is 2.15. The van der Waals surface area contributed by atoms with Gasteiger partial charge in [-0.05, 0) is 31.0 Å². The second-order valence-electron chi connectivity index (χ2n) is 4.30. The summed E-state index contributed by atoms with van der Waals surface area (Å²) < 4.78 is 5.39. The third-order valence-electron chi connectivity index (χ3n) is 2.86. The average molecular weight is 291 g/mol. The maximum absolute atomic E-state index is 11.1. The Morgan fingerprint density at radius 3 is 2.50 bits per heavy atom. The molecule has 0 amide bonds. The van der Waals surface area contributed by atoms with Crippen LogP contribution in [0.4, 0.5) is 0 Å². The van der Waals surface area contributed by atoms with E-state index in [1.807, 2.05) is 38.1 Å². The molecule has 0 unspecified atom stereocenters. The summed E-state index contributed by atoms with van der Waals surface area (Å²) >= 11 is 1.26. The standard InChI is InChI=1S/C15H17NO3S/c1-3-12-14(15(17)18)20-13(16-12)9-10-5-7-11(8-6-10)19-4-2/h5-8H,3-4,9H2,1-2H3,(H,17,18). The van der Waals surface area contributed by atoms with Gasteiger partial charge < -0.3 is 9.84 Å². The van der Waals surface area contributed by atoms with Gasteiger partial charge in [0.1, 0.15) is 10.6 Å². The second kappa shape index (κ2) is 6.52. The zero-order valence-corrected chi connectivity index (χ0v) is 12.4. The van der Waals surface area contributed by atoms with Crippen LogP contribution in [0.25, 0.3) is 0 Å². The molecule has 5 heteroatoms. The Hall–Kier alpha value is -1.88. The van der Waals surface area contributed by atoms with E-state index in [2.05, 4.69) is 4.98 Å². The van der Waals surface area contributed by atoms with Crippen molar-refractivity contribution in [1.29, 1.82) is 0 Å². The zero-order valence-electron chi connectivity index (χ0n) is 11.5. The molecule has 1 heterocycles. The maximum atomic E-state index is 11.1. The number of hydrogen-bond acceptors (Lipinski definition) is 4. The number of hydrogen-bond donors (Lipinski definition) is 1. The Kier molecular flexibility index (Phi) is 4.74. The second-order valence-corrected chi connectivity index (χ2v) is 5.38. The topological polar surface area (TPSA) is 59.4 Å². The van der Waals surface area contributed by atoms with Crippen LogP contribution in [0.2, 0.25) is 0 Å². The van der Waals surface area contributed by atoms with Crippen LogP contribution in [-0.2, 0) is 12.8 Å². The van der Waals surface area contributed by atoms with Gasteiger partial charge in [0.15, 0.2) is 0 Å². The number of benzene rings is 1. The quantitative estimate of drug-likeness (QED) is 0.886. The van der Waals surface area contributed by atoms with E-state index in [4.69, 9.17) is 9.84 Å². The molecule has 1 aromatic heterocycles. The van der Waals surface area contributed by atoms with Crippen LogP contribution >= 0.6 is 11.3 Å². The Morgan fingerprint density at radius 1 is 1.30 bits per heavy atom. The monoisotopic (exact) mass is 291 g/mol. The van der Waals surface area contributed by atoms with E-state index in [0.29, 0.717) is 30.0 Å². The molecule has 4 nitrogen and oxygen atoms in total. The number of rotatable bonds is 6. The smallest absolute Gasteiger partial charge is 0.347 e. The largest absolute Gasteiger partial charge is 0.494 e. The van der Waals surface area contributed by atoms with Crippen LogP contribution in [0.5, 0.6) is 5.75 Å². The van der Waals surface area contributed by atoms with Crippen molar-refractivity contribution in [2.45, 2.75) is 26.7 Å². The van der Waals surface area contributed by atoms with Crippen molar-refractivity contribution >= 4 is 17.3 Å². The van der Waals surface area contributed by atoms with Gasteiger partial charge in [0.2, 0.25) is 0 Å². The summed E-state index contributed by atoms with van der Waals surface area (Å²) in [5.74, 6) is -0.0480. The van der Waals surface area contributed by atoms with Crippen molar-refractivity contribution in [3.8, 4) is 5.75 Å². The van der Waals surface area contributed by atoms with Gasteiger partial charge in [0, 0.05) is 6.42 Å². The first-order valence-electron chi connectivity index (χ1n) is 6.57. The predicted molar refractivity (Wildman–Crippen MR) is 78.9 cm³/mol. The van der Waals surface area contributed by atoms with Crippen molar-refractivity contribution < 1.29 is 14.6 Å². The number of aryl methyl sites for hydroxylation is 1. The van der Waals surface area contributed by atoms with Gasteiger partial charge in [-0.25, -0.2) is 9.78 Å². The van der Waals surface area contributed by atoms with Crippen molar-refractivity contribution in [3.63, 3.8) is 0 Å². The van der Waals surface area contributed by atoms with Gasteiger partial charge in [-0.15, -0.1) is 11.3 Å². The Balaban J connectivity index is 2.15. The Bertz CT molecular complexity index is 590. The lowest BCUT2D eigenvalue weighted by molar-refractivity contribution is 0.0701. The minimum absolute atomic E-state index is 0.355. The van der Waals surface area contributed by atoms with E-state index in [1.165, 1.54) is 11.3 Å². The molecule has 0 aliphatic heterocycles. The molecule has 0 bridgehead atoms. The lowest BCUT2D eigenvalue weighted by atomic mass is 10.1. The molecule has 0 radical (unpaired) electrons. The molecule has 0 fully saturated rings. The van der Waals surface area contributed by atoms with Gasteiger partial charge in [0.25, 0.3) is 0 Å². The van der Waals surface area contributed by atoms with E-state index in [1.54, 1.807) is 0 Å². The average Bonchev–Trinajstić information content (AvgIpc) is 2.84. The number of carboxylic acids is 1. The fourth-order valence-corrected chi connectivity index (χ4v) is 2.95. The molecule has 0 atom stereocenters. The molecule has 0 spiro atoms. The molecule has 0 aliphatic carbocycles. The summed E-state index contributed by atoms with van der Waals surface area (Å²) in [6.45, 7) is 4.51. The molecule has 0 saturated carbocycles. The molecule has 106 valence electrons. The van der Waals surface area contributed by atoms with Gasteiger partial charge in [-0.2, -0.15) is 0 Å². The van der Waals surface area contributed by atoms with Gasteiger partial charge in [-0.1, -0.05) is 19.1 Å². The fraction of sp³-hybridized carbons (Fsp3) is 0.333. The molecular weight excluding hydrogens is 274 g/mol. The normalized spacial score (nSPS) is 10.5. The van der Waals surface area contributed by atoms with Crippen LogP contribution in [0.15, 0.2) is 24.3 Å². The molecule has 0 saturated heterocycles. The number of ether oxygens (including phenoxy) is 1. The van der Waals surface area contributed by atoms with Crippen molar-refractivity contribution in [3.05, 3.63) is 45.4 Å². The predicted octanol–water partition coefficient (Wildman–Crippen LogP) is 3.39. The summed E-state index contributed by atoms with van der Waals surface area (Å²) in [4.78, 5) is 15.9. The Labute approximate surface area is 122 Å². The van der Waals surface area contributed by atoms with E-state index < -0.39 is 5.97 Å². The SMILES string of the molecule is CCOc1ccc(Cc2nc(CC)c(C(=O)O)s2)cc1. The molecular formula is C15H17NO3S. The van der Waals surface area contributed by atoms with Crippen LogP contribution in [0.1, 0.15) is 39.8 Å². The lowest BCUT2D eigenvalue weighted by Gasteiger charge is -2.03. The fourth-order valence-electron chi connectivity index (χ4n) is 1.93. The molecule has 1 N–H and O–H groups in total. The van der Waals surface area contributed by atoms with Crippen molar-refractivity contribution in [2.75, 3.05) is 6.61 Å². The number of thiazole rings is 1. The molecule has 2 rings (SSSR count). The zero-order chi connectivity index (χ0) is 14.5. The van der Waals surface area contributed by atoms with Crippen LogP contribution in [0.3, 0.4) is 0 Å². The number of aromatic carboxylic acids is 1. The Morgan fingerprint density at radius 2 is 2.00 bits per heavy atom. The van der Waals surface area contributed by atoms with Crippen LogP contribution in [0, 0.1) is 0 Å². The van der Waals surface area contributed by atoms with Gasteiger partial charge in [0.05, 0.1) is 17.3 Å². The molecule has 0 aliphatic rings. The summed E-state index contributed by atoms with van der Waals surface area (Å²) in [5, 5.41) is 9.96. The van der Waals surface area contributed by atoms with E-state index in [0.717, 1.165) is 16.3 Å². The maximum Gasteiger partial charge on any atom is 0.347 e. The highest BCUT2D eigenvalue weighted by atomic mass is 32.1. The number of aromatic nitrogens is 1. The number of carbonyl (C=O) groups is 1. The molecule has 20 heavy (non-hydrogen) atoms. The highest BCUT2D eigenvalue weighted by molar-refractivity contribution is 7.13. The lowest BCUT2D eigenvalue weighted by Crippen LogP contribution is -1.97. The first kappa shape index (κ1) is 14.5. The third kappa shape index (κ3) is 3.36. The third-order valence-corrected chi connectivity index (χ3v) is 3.95. The minimum Gasteiger partial charge on any atom is -0.494 e. The minimum atomic E-state index is -0.891. The summed E-state index contributed by atoms with van der Waals surface area (Å²) in [5.41, 5.74) is 1.77. The van der Waals surface area contributed by atoms with E-state index in [9.17, 15) is 4.79 Å². The molecule has 2 aromatic rings. The van der Waals surface area contributed by atoms with E-state index >= 15 is 0 Å². The first-order chi connectivity index (χ1) is 9.63.